The number of amides is 6. The fraction of sp³-hybridized carbons (Fsp3) is 0.395. The summed E-state index contributed by atoms with van der Waals surface area (Å²) in [5, 5.41) is 17.1. The van der Waals surface area contributed by atoms with E-state index < -0.39 is 70.1 Å². The van der Waals surface area contributed by atoms with Gasteiger partial charge in [0.25, 0.3) is 23.6 Å². The third kappa shape index (κ3) is 9.11. The molecule has 320 valence electrons. The second kappa shape index (κ2) is 18.2. The number of imide groups is 2. The number of hydrogen-bond donors (Lipinski definition) is 3. The predicted molar refractivity (Wildman–Crippen MR) is 220 cm³/mol. The number of unbranched alkanes of at least 4 members (excludes halogenated alkanes) is 7. The maximum Gasteiger partial charge on any atom is 0.417 e. The Morgan fingerprint density at radius 2 is 1.56 bits per heavy atom. The molecule has 2 fully saturated rings. The highest BCUT2D eigenvalue weighted by Crippen LogP contribution is 2.40. The Hall–Kier alpha value is -6.22. The second-order valence-electron chi connectivity index (χ2n) is 15.5. The summed E-state index contributed by atoms with van der Waals surface area (Å²) in [5.41, 5.74) is -2.60. The van der Waals surface area contributed by atoms with E-state index in [1.165, 1.54) is 43.0 Å². The molecular formula is C43H43F4N7O6S. The molecule has 2 saturated heterocycles. The van der Waals surface area contributed by atoms with Gasteiger partial charge in [-0.25, -0.2) is 4.39 Å². The van der Waals surface area contributed by atoms with Crippen molar-refractivity contribution in [2.45, 2.75) is 95.8 Å². The molecule has 3 N–H and O–H groups in total. The van der Waals surface area contributed by atoms with Crippen LogP contribution < -0.4 is 25.8 Å². The molecule has 3 aromatic rings. The third-order valence-corrected chi connectivity index (χ3v) is 11.3. The van der Waals surface area contributed by atoms with Crippen LogP contribution in [0.15, 0.2) is 54.6 Å². The van der Waals surface area contributed by atoms with Crippen LogP contribution in [0.4, 0.5) is 34.6 Å². The minimum Gasteiger partial charge on any atom is -0.384 e. The van der Waals surface area contributed by atoms with E-state index in [1.807, 2.05) is 0 Å². The Morgan fingerprint density at radius 3 is 2.20 bits per heavy atom. The molecule has 18 heteroatoms. The highest BCUT2D eigenvalue weighted by molar-refractivity contribution is 7.81. The molecule has 0 saturated carbocycles. The first-order valence-corrected chi connectivity index (χ1v) is 20.3. The molecule has 3 aromatic carbocycles. The van der Waals surface area contributed by atoms with Gasteiger partial charge in [-0.05, 0) is 93.9 Å². The Morgan fingerprint density at radius 1 is 0.902 bits per heavy atom. The van der Waals surface area contributed by atoms with Crippen molar-refractivity contribution in [3.63, 3.8) is 0 Å². The summed E-state index contributed by atoms with van der Waals surface area (Å²) < 4.78 is 56.4. The monoisotopic (exact) mass is 861 g/mol. The van der Waals surface area contributed by atoms with Gasteiger partial charge in [-0.1, -0.05) is 44.6 Å². The first kappa shape index (κ1) is 44.3. The number of fused-ring (bicyclic) bond motifs is 1. The molecule has 0 aliphatic carbocycles. The zero-order chi connectivity index (χ0) is 44.2. The van der Waals surface area contributed by atoms with E-state index >= 15 is 4.39 Å². The van der Waals surface area contributed by atoms with Crippen LogP contribution in [-0.4, -0.2) is 70.1 Å². The number of nitrogens with one attached hydrogen (secondary N) is 3. The molecule has 61 heavy (non-hydrogen) atoms. The van der Waals surface area contributed by atoms with E-state index in [2.05, 4.69) is 16.0 Å². The highest BCUT2D eigenvalue weighted by Gasteiger charge is 2.51. The van der Waals surface area contributed by atoms with Crippen LogP contribution in [0.1, 0.15) is 120 Å². The van der Waals surface area contributed by atoms with Gasteiger partial charge in [0.2, 0.25) is 11.8 Å². The lowest BCUT2D eigenvalue weighted by molar-refractivity contribution is -0.138. The first-order valence-electron chi connectivity index (χ1n) is 19.9. The highest BCUT2D eigenvalue weighted by atomic mass is 32.1. The van der Waals surface area contributed by atoms with Gasteiger partial charge in [0, 0.05) is 30.9 Å². The SMILES string of the molecule is CC1(C)C(=O)N(c2ccc(C#N)c(C(F)(F)F)c2)C(=S)N1c1ccc(C(=O)NCCCCCCCCCCNc2cccc3c2C(=O)N(C2CCC(=O)NC2=O)C3=O)c(F)c1. The van der Waals surface area contributed by atoms with Crippen molar-refractivity contribution in [1.29, 1.82) is 5.26 Å². The molecule has 3 aliphatic rings. The largest absolute Gasteiger partial charge is 0.417 e. The smallest absolute Gasteiger partial charge is 0.384 e. The predicted octanol–water partition coefficient (Wildman–Crippen LogP) is 7.00. The average Bonchev–Trinajstić information content (AvgIpc) is 3.56. The quantitative estimate of drug-likeness (QED) is 0.0590. The van der Waals surface area contributed by atoms with Crippen LogP contribution in [0.5, 0.6) is 0 Å². The number of benzene rings is 3. The third-order valence-electron chi connectivity index (χ3n) is 11.0. The summed E-state index contributed by atoms with van der Waals surface area (Å²) in [5.74, 6) is -4.36. The number of nitrogens with zero attached hydrogens (tertiary/aromatic N) is 4. The molecule has 0 spiro atoms. The minimum absolute atomic E-state index is 0.0489. The van der Waals surface area contributed by atoms with Crippen molar-refractivity contribution in [3.8, 4) is 6.07 Å². The Balaban J connectivity index is 0.895. The van der Waals surface area contributed by atoms with Crippen LogP contribution in [0.3, 0.4) is 0 Å². The number of nitriles is 1. The summed E-state index contributed by atoms with van der Waals surface area (Å²) in [4.78, 5) is 79.7. The zero-order valence-electron chi connectivity index (χ0n) is 33.4. The van der Waals surface area contributed by atoms with Gasteiger partial charge in [0.15, 0.2) is 5.11 Å². The summed E-state index contributed by atoms with van der Waals surface area (Å²) in [6, 6.07) is 12.0. The number of halogens is 4. The number of hydrogen-bond acceptors (Lipinski definition) is 9. The van der Waals surface area contributed by atoms with Crippen LogP contribution in [0, 0.1) is 17.1 Å². The van der Waals surface area contributed by atoms with Crippen molar-refractivity contribution in [2.24, 2.45) is 0 Å². The topological polar surface area (TPSA) is 172 Å². The zero-order valence-corrected chi connectivity index (χ0v) is 34.2. The van der Waals surface area contributed by atoms with Crippen molar-refractivity contribution in [3.05, 3.63) is 88.2 Å². The Labute approximate surface area is 354 Å². The maximum absolute atomic E-state index is 15.4. The summed E-state index contributed by atoms with van der Waals surface area (Å²) in [6.07, 6.45) is 2.48. The maximum atomic E-state index is 15.4. The molecule has 1 atom stereocenters. The van der Waals surface area contributed by atoms with Gasteiger partial charge in [-0.15, -0.1) is 0 Å². The summed E-state index contributed by atoms with van der Waals surface area (Å²) in [6.45, 7) is 3.88. The number of rotatable bonds is 16. The van der Waals surface area contributed by atoms with Gasteiger partial charge >= 0.3 is 6.18 Å². The van der Waals surface area contributed by atoms with E-state index in [0.717, 1.165) is 66.9 Å². The van der Waals surface area contributed by atoms with E-state index in [9.17, 15) is 41.9 Å². The van der Waals surface area contributed by atoms with Crippen LogP contribution >= 0.6 is 12.2 Å². The molecule has 3 aliphatic heterocycles. The summed E-state index contributed by atoms with van der Waals surface area (Å²) >= 11 is 5.52. The first-order chi connectivity index (χ1) is 29.0. The molecule has 1 unspecified atom stereocenters. The van der Waals surface area contributed by atoms with Crippen molar-refractivity contribution in [1.82, 2.24) is 15.5 Å². The Bertz CT molecular complexity index is 2350. The van der Waals surface area contributed by atoms with Crippen LogP contribution in [0.25, 0.3) is 0 Å². The normalized spacial score (nSPS) is 17.5. The molecule has 0 aromatic heterocycles. The second-order valence-corrected chi connectivity index (χ2v) is 15.9. The number of thiocarbonyl (C=S) groups is 1. The molecule has 0 bridgehead atoms. The van der Waals surface area contributed by atoms with E-state index in [-0.39, 0.29) is 46.0 Å². The number of anilines is 3. The van der Waals surface area contributed by atoms with Gasteiger partial charge in [0.1, 0.15) is 17.4 Å². The summed E-state index contributed by atoms with van der Waals surface area (Å²) in [7, 11) is 0. The molecule has 6 rings (SSSR count). The molecule has 13 nitrogen and oxygen atoms in total. The van der Waals surface area contributed by atoms with E-state index in [0.29, 0.717) is 31.3 Å². The number of alkyl halides is 3. The van der Waals surface area contributed by atoms with Gasteiger partial charge in [-0.2, -0.15) is 18.4 Å². The Kier molecular flexibility index (Phi) is 13.2. The van der Waals surface area contributed by atoms with E-state index in [4.69, 9.17) is 17.5 Å². The number of carbonyl (C=O) groups is 6. The van der Waals surface area contributed by atoms with Gasteiger partial charge < -0.3 is 15.5 Å². The van der Waals surface area contributed by atoms with Crippen LogP contribution in [0.2, 0.25) is 0 Å². The lowest BCUT2D eigenvalue weighted by Crippen LogP contribution is -2.54. The fourth-order valence-electron chi connectivity index (χ4n) is 7.78. The van der Waals surface area contributed by atoms with Crippen molar-refractivity contribution in [2.75, 3.05) is 28.2 Å². The molecule has 0 radical (unpaired) electrons. The van der Waals surface area contributed by atoms with E-state index in [1.54, 1.807) is 18.2 Å². The molecular weight excluding hydrogens is 819 g/mol. The number of piperidine rings is 1. The lowest BCUT2D eigenvalue weighted by Gasteiger charge is -2.29. The van der Waals surface area contributed by atoms with Gasteiger partial charge in [-0.3, -0.25) is 43.9 Å². The van der Waals surface area contributed by atoms with Gasteiger partial charge in [0.05, 0.1) is 39.6 Å². The molecule has 6 amide bonds. The molecule has 3 heterocycles. The number of carbonyl (C=O) groups excluding carboxylic acids is 6. The van der Waals surface area contributed by atoms with Crippen LogP contribution in [-0.2, 0) is 20.6 Å². The lowest BCUT2D eigenvalue weighted by atomic mass is 10.0. The van der Waals surface area contributed by atoms with Crippen molar-refractivity contribution >= 4 is 69.8 Å². The average molecular weight is 862 g/mol. The minimum atomic E-state index is -4.86. The van der Waals surface area contributed by atoms with Crippen molar-refractivity contribution < 1.29 is 46.3 Å². The fourth-order valence-corrected chi connectivity index (χ4v) is 8.30. The standard InChI is InChI=1S/C43H43F4N7O6S/c1-42(2)40(60)52(26-15-14-25(24-48)30(22-26)43(45,46)47)41(61)54(42)27-16-17-28(31(44)23-27)36(56)50-21-10-8-6-4-3-5-7-9-20-49-32-13-11-12-29-35(32)39(59)53(38(29)58)33-18-19-34(55)51-37(33)57/h11-17,22-23,33,49H,3-10,18-21H2,1-2H3,(H,50,56)(H,51,55,57).